The summed E-state index contributed by atoms with van der Waals surface area (Å²) in [6.07, 6.45) is 2.82. The predicted molar refractivity (Wildman–Crippen MR) is 128 cm³/mol. The van der Waals surface area contributed by atoms with Crippen molar-refractivity contribution in [1.29, 1.82) is 0 Å². The zero-order chi connectivity index (χ0) is 23.4. The Balaban J connectivity index is 1.76. The Morgan fingerprint density at radius 3 is 2.45 bits per heavy atom. The van der Waals surface area contributed by atoms with E-state index in [2.05, 4.69) is 0 Å². The number of halogens is 1. The van der Waals surface area contributed by atoms with Crippen molar-refractivity contribution < 1.29 is 20.1 Å². The minimum Gasteiger partial charge on any atom is -0.481 e. The van der Waals surface area contributed by atoms with Gasteiger partial charge in [-0.15, -0.1) is 0 Å². The van der Waals surface area contributed by atoms with Crippen LogP contribution in [0.15, 0.2) is 60.7 Å². The van der Waals surface area contributed by atoms with Crippen molar-refractivity contribution in [2.75, 3.05) is 0 Å². The van der Waals surface area contributed by atoms with Crippen molar-refractivity contribution in [2.45, 2.75) is 43.8 Å². The molecule has 1 heterocycles. The first kappa shape index (κ1) is 23.1. The minimum absolute atomic E-state index is 0.0658. The van der Waals surface area contributed by atoms with Crippen molar-refractivity contribution in [3.8, 4) is 22.6 Å². The molecule has 2 aromatic carbocycles. The molecule has 1 aliphatic rings. The molecule has 0 saturated heterocycles. The number of nitrogens with zero attached hydrogens (tertiary/aromatic N) is 2. The highest BCUT2D eigenvalue weighted by molar-refractivity contribution is 6.30. The Labute approximate surface area is 197 Å². The number of carboxylic acid groups (broad SMARTS) is 1. The van der Waals surface area contributed by atoms with Crippen molar-refractivity contribution in [2.24, 2.45) is 0 Å². The SMILES string of the molecule is O=C(O)CC(O)CC(O)/C=C/c1c(-c2ccccc2)nc(-c2cccc(Cl)c2)nc1C1CC1. The number of rotatable bonds is 9. The van der Waals surface area contributed by atoms with Crippen LogP contribution in [0.2, 0.25) is 5.02 Å². The van der Waals surface area contributed by atoms with Gasteiger partial charge in [0, 0.05) is 34.1 Å². The van der Waals surface area contributed by atoms with Gasteiger partial charge in [-0.3, -0.25) is 4.79 Å². The molecule has 2 atom stereocenters. The number of hydrogen-bond donors (Lipinski definition) is 3. The highest BCUT2D eigenvalue weighted by atomic mass is 35.5. The summed E-state index contributed by atoms with van der Waals surface area (Å²) in [5.74, 6) is -0.207. The molecular weight excluding hydrogens is 440 g/mol. The molecule has 1 fully saturated rings. The van der Waals surface area contributed by atoms with Crippen LogP contribution in [0.5, 0.6) is 0 Å². The number of aliphatic hydroxyl groups is 2. The Morgan fingerprint density at radius 1 is 1.06 bits per heavy atom. The van der Waals surface area contributed by atoms with Gasteiger partial charge in [-0.05, 0) is 25.0 Å². The molecule has 170 valence electrons. The molecule has 0 spiro atoms. The van der Waals surface area contributed by atoms with Crippen molar-refractivity contribution >= 4 is 23.6 Å². The molecule has 1 aromatic heterocycles. The monoisotopic (exact) mass is 464 g/mol. The normalized spacial score (nSPS) is 15.5. The van der Waals surface area contributed by atoms with Gasteiger partial charge in [0.15, 0.2) is 5.82 Å². The van der Waals surface area contributed by atoms with Crippen LogP contribution >= 0.6 is 11.6 Å². The lowest BCUT2D eigenvalue weighted by Gasteiger charge is -2.15. The molecule has 33 heavy (non-hydrogen) atoms. The van der Waals surface area contributed by atoms with Gasteiger partial charge in [0.1, 0.15) is 0 Å². The summed E-state index contributed by atoms with van der Waals surface area (Å²) in [5, 5.41) is 29.6. The third-order valence-electron chi connectivity index (χ3n) is 5.48. The first-order valence-corrected chi connectivity index (χ1v) is 11.3. The zero-order valence-electron chi connectivity index (χ0n) is 17.9. The van der Waals surface area contributed by atoms with Crippen molar-refractivity contribution in [1.82, 2.24) is 9.97 Å². The molecule has 1 saturated carbocycles. The number of aliphatic hydroxyl groups excluding tert-OH is 2. The van der Waals surface area contributed by atoms with Crippen molar-refractivity contribution in [3.05, 3.63) is 77.0 Å². The lowest BCUT2D eigenvalue weighted by atomic mass is 9.99. The summed E-state index contributed by atoms with van der Waals surface area (Å²) in [6.45, 7) is 0. The summed E-state index contributed by atoms with van der Waals surface area (Å²) >= 11 is 6.20. The van der Waals surface area contributed by atoms with Crippen LogP contribution < -0.4 is 0 Å². The van der Waals surface area contributed by atoms with Crippen LogP contribution in [0.25, 0.3) is 28.7 Å². The molecule has 4 rings (SSSR count). The highest BCUT2D eigenvalue weighted by Gasteiger charge is 2.30. The second-order valence-electron chi connectivity index (χ2n) is 8.26. The van der Waals surface area contributed by atoms with Crippen LogP contribution in [0.4, 0.5) is 0 Å². The molecule has 0 amide bonds. The van der Waals surface area contributed by atoms with E-state index >= 15 is 0 Å². The smallest absolute Gasteiger partial charge is 0.305 e. The summed E-state index contributed by atoms with van der Waals surface area (Å²) < 4.78 is 0. The zero-order valence-corrected chi connectivity index (χ0v) is 18.7. The minimum atomic E-state index is -1.12. The molecule has 3 N–H and O–H groups in total. The van der Waals surface area contributed by atoms with E-state index in [1.807, 2.05) is 54.6 Å². The second kappa shape index (κ2) is 10.3. The number of aromatic nitrogens is 2. The fourth-order valence-electron chi connectivity index (χ4n) is 3.74. The molecule has 1 aliphatic carbocycles. The van der Waals surface area contributed by atoms with Crippen LogP contribution in [0.3, 0.4) is 0 Å². The second-order valence-corrected chi connectivity index (χ2v) is 8.70. The molecule has 0 aliphatic heterocycles. The average molecular weight is 465 g/mol. The summed E-state index contributed by atoms with van der Waals surface area (Å²) in [6, 6.07) is 17.2. The Hall–Kier alpha value is -3.06. The number of carbonyl (C=O) groups is 1. The quantitative estimate of drug-likeness (QED) is 0.414. The highest BCUT2D eigenvalue weighted by Crippen LogP contribution is 2.43. The van der Waals surface area contributed by atoms with Crippen LogP contribution in [-0.4, -0.2) is 43.5 Å². The fourth-order valence-corrected chi connectivity index (χ4v) is 3.93. The predicted octanol–water partition coefficient (Wildman–Crippen LogP) is 4.94. The summed E-state index contributed by atoms with van der Waals surface area (Å²) in [4.78, 5) is 20.5. The van der Waals surface area contributed by atoms with Gasteiger partial charge in [0.2, 0.25) is 0 Å². The maximum atomic E-state index is 10.8. The fraction of sp³-hybridized carbons (Fsp3) is 0.269. The standard InChI is InChI=1S/C26H25ClN2O4/c27-19-8-4-7-18(13-19)26-28-24(16-5-2-1-3-6-16)22(25(29-26)17-9-10-17)12-11-20(30)14-21(31)15-23(32)33/h1-8,11-13,17,20-21,30-31H,9-10,14-15H2,(H,32,33)/b12-11+. The topological polar surface area (TPSA) is 104 Å². The number of aliphatic carboxylic acids is 1. The van der Waals surface area contributed by atoms with Crippen LogP contribution in [-0.2, 0) is 4.79 Å². The lowest BCUT2D eigenvalue weighted by molar-refractivity contribution is -0.139. The first-order valence-electron chi connectivity index (χ1n) is 10.9. The van der Waals surface area contributed by atoms with Gasteiger partial charge in [-0.25, -0.2) is 9.97 Å². The number of hydrogen-bond acceptors (Lipinski definition) is 5. The number of benzene rings is 2. The summed E-state index contributed by atoms with van der Waals surface area (Å²) in [7, 11) is 0. The number of carboxylic acids is 1. The first-order chi connectivity index (χ1) is 15.9. The van der Waals surface area contributed by atoms with E-state index in [0.717, 1.165) is 40.9 Å². The third kappa shape index (κ3) is 6.05. The largest absolute Gasteiger partial charge is 0.481 e. The Morgan fingerprint density at radius 2 is 1.79 bits per heavy atom. The summed E-state index contributed by atoms with van der Waals surface area (Å²) in [5.41, 5.74) is 4.23. The van der Waals surface area contributed by atoms with Gasteiger partial charge in [0.25, 0.3) is 0 Å². The van der Waals surface area contributed by atoms with Gasteiger partial charge < -0.3 is 15.3 Å². The molecule has 3 aromatic rings. The van der Waals surface area contributed by atoms with E-state index in [1.165, 1.54) is 0 Å². The van der Waals surface area contributed by atoms with E-state index < -0.39 is 24.6 Å². The molecule has 0 bridgehead atoms. The van der Waals surface area contributed by atoms with E-state index in [0.29, 0.717) is 16.8 Å². The van der Waals surface area contributed by atoms with E-state index in [-0.39, 0.29) is 6.42 Å². The molecule has 2 unspecified atom stereocenters. The molecule has 0 radical (unpaired) electrons. The maximum Gasteiger partial charge on any atom is 0.305 e. The van der Waals surface area contributed by atoms with E-state index in [9.17, 15) is 15.0 Å². The van der Waals surface area contributed by atoms with Crippen molar-refractivity contribution in [3.63, 3.8) is 0 Å². The van der Waals surface area contributed by atoms with Crippen LogP contribution in [0.1, 0.15) is 42.9 Å². The van der Waals surface area contributed by atoms with Gasteiger partial charge in [0.05, 0.1) is 30.0 Å². The Kier molecular flexibility index (Phi) is 7.18. The van der Waals surface area contributed by atoms with Gasteiger partial charge >= 0.3 is 5.97 Å². The van der Waals surface area contributed by atoms with E-state index in [1.54, 1.807) is 12.2 Å². The Bertz CT molecular complexity index is 1160. The third-order valence-corrected chi connectivity index (χ3v) is 5.71. The molecular formula is C26H25ClN2O4. The molecule has 7 heteroatoms. The van der Waals surface area contributed by atoms with Gasteiger partial charge in [-0.2, -0.15) is 0 Å². The van der Waals surface area contributed by atoms with Gasteiger partial charge in [-0.1, -0.05) is 66.2 Å². The van der Waals surface area contributed by atoms with Crippen LogP contribution in [0, 0.1) is 0 Å². The van der Waals surface area contributed by atoms with E-state index in [4.69, 9.17) is 26.7 Å². The lowest BCUT2D eigenvalue weighted by Crippen LogP contribution is -2.19. The molecule has 6 nitrogen and oxygen atoms in total. The average Bonchev–Trinajstić information content (AvgIpc) is 3.62. The maximum absolute atomic E-state index is 10.8.